The summed E-state index contributed by atoms with van der Waals surface area (Å²) in [6, 6.07) is 12.7. The number of aromatic amines is 1. The Morgan fingerprint density at radius 3 is 2.71 bits per heavy atom. The van der Waals surface area contributed by atoms with Gasteiger partial charge in [0.05, 0.1) is 26.7 Å². The highest BCUT2D eigenvalue weighted by Gasteiger charge is 2.29. The van der Waals surface area contributed by atoms with Crippen LogP contribution in [0, 0.1) is 0 Å². The highest BCUT2D eigenvalue weighted by molar-refractivity contribution is 6.00. The van der Waals surface area contributed by atoms with Gasteiger partial charge in [0.2, 0.25) is 11.9 Å². The number of amides is 2. The largest absolute Gasteiger partial charge is 0.493 e. The molecule has 0 radical (unpaired) electrons. The Balaban J connectivity index is 1.32. The molecule has 3 aromatic rings. The molecule has 3 N–H and O–H groups in total. The van der Waals surface area contributed by atoms with Gasteiger partial charge in [0.25, 0.3) is 5.91 Å². The summed E-state index contributed by atoms with van der Waals surface area (Å²) in [5.41, 5.74) is 2.50. The first-order valence-corrected chi connectivity index (χ1v) is 9.89. The molecule has 1 atom stereocenters. The van der Waals surface area contributed by atoms with Crippen molar-refractivity contribution in [3.05, 3.63) is 65.0 Å². The fraction of sp³-hybridized carbons (Fsp3) is 0.273. The zero-order valence-electron chi connectivity index (χ0n) is 17.3. The average Bonchev–Trinajstić information content (AvgIpc) is 3.36. The summed E-state index contributed by atoms with van der Waals surface area (Å²) in [5, 5.41) is 12.4. The van der Waals surface area contributed by atoms with E-state index in [0.29, 0.717) is 35.7 Å². The normalized spacial score (nSPS) is 14.6. The first kappa shape index (κ1) is 20.4. The third kappa shape index (κ3) is 4.50. The van der Waals surface area contributed by atoms with E-state index in [9.17, 15) is 9.59 Å². The molecule has 2 heterocycles. The van der Waals surface area contributed by atoms with Crippen molar-refractivity contribution >= 4 is 17.8 Å². The number of ether oxygens (including phenoxy) is 2. The van der Waals surface area contributed by atoms with Crippen LogP contribution in [-0.4, -0.2) is 41.2 Å². The van der Waals surface area contributed by atoms with Crippen molar-refractivity contribution in [1.82, 2.24) is 20.5 Å². The van der Waals surface area contributed by atoms with E-state index < -0.39 is 0 Å². The second-order valence-corrected chi connectivity index (χ2v) is 7.16. The van der Waals surface area contributed by atoms with Crippen molar-refractivity contribution in [2.75, 3.05) is 19.5 Å². The number of hydrogen-bond acceptors (Lipinski definition) is 6. The molecule has 2 aromatic carbocycles. The lowest BCUT2D eigenvalue weighted by atomic mass is 10.0. The molecule has 0 spiro atoms. The summed E-state index contributed by atoms with van der Waals surface area (Å²) in [5.74, 6) is 1.79. The third-order valence-corrected chi connectivity index (χ3v) is 5.16. The van der Waals surface area contributed by atoms with E-state index in [4.69, 9.17) is 9.47 Å². The van der Waals surface area contributed by atoms with E-state index in [1.807, 2.05) is 30.3 Å². The van der Waals surface area contributed by atoms with E-state index in [0.717, 1.165) is 11.1 Å². The number of carbonyl (C=O) groups is 2. The molecule has 1 aliphatic heterocycles. The second-order valence-electron chi connectivity index (χ2n) is 7.16. The molecule has 31 heavy (non-hydrogen) atoms. The van der Waals surface area contributed by atoms with Crippen LogP contribution in [0.4, 0.5) is 5.95 Å². The summed E-state index contributed by atoms with van der Waals surface area (Å²) in [4.78, 5) is 28.8. The van der Waals surface area contributed by atoms with E-state index >= 15 is 0 Å². The minimum atomic E-state index is -0.354. The number of aryl methyl sites for hydroxylation is 2. The summed E-state index contributed by atoms with van der Waals surface area (Å²) in [7, 11) is 3.20. The van der Waals surface area contributed by atoms with E-state index in [-0.39, 0.29) is 30.2 Å². The van der Waals surface area contributed by atoms with Crippen LogP contribution in [0.1, 0.15) is 39.8 Å². The highest BCUT2D eigenvalue weighted by Crippen LogP contribution is 2.28. The van der Waals surface area contributed by atoms with Crippen LogP contribution >= 0.6 is 0 Å². The quantitative estimate of drug-likeness (QED) is 0.514. The van der Waals surface area contributed by atoms with E-state index in [2.05, 4.69) is 25.8 Å². The molecule has 0 bridgehead atoms. The molecular formula is C22H23N5O4. The molecule has 0 aliphatic carbocycles. The van der Waals surface area contributed by atoms with Gasteiger partial charge >= 0.3 is 0 Å². The van der Waals surface area contributed by atoms with Crippen LogP contribution < -0.4 is 20.1 Å². The van der Waals surface area contributed by atoms with Crippen molar-refractivity contribution in [3.8, 4) is 11.5 Å². The maximum Gasteiger partial charge on any atom is 0.252 e. The van der Waals surface area contributed by atoms with E-state index in [1.54, 1.807) is 26.4 Å². The Labute approximate surface area is 179 Å². The first-order valence-electron chi connectivity index (χ1n) is 9.89. The van der Waals surface area contributed by atoms with Gasteiger partial charge in [0.1, 0.15) is 5.82 Å². The number of H-pyrrole nitrogens is 1. The number of hydrogen-bond donors (Lipinski definition) is 3. The van der Waals surface area contributed by atoms with Crippen LogP contribution in [-0.2, 0) is 17.6 Å². The number of anilines is 1. The summed E-state index contributed by atoms with van der Waals surface area (Å²) >= 11 is 0. The lowest BCUT2D eigenvalue weighted by molar-refractivity contribution is -0.116. The Hall–Kier alpha value is -3.88. The van der Waals surface area contributed by atoms with Crippen molar-refractivity contribution in [3.63, 3.8) is 0 Å². The summed E-state index contributed by atoms with van der Waals surface area (Å²) in [6.07, 6.45) is 1.44. The second kappa shape index (κ2) is 8.86. The van der Waals surface area contributed by atoms with Crippen molar-refractivity contribution in [2.45, 2.75) is 25.3 Å². The maximum absolute atomic E-state index is 12.4. The lowest BCUT2D eigenvalue weighted by Crippen LogP contribution is -2.24. The van der Waals surface area contributed by atoms with Gasteiger partial charge in [-0.3, -0.25) is 20.0 Å². The first-order chi connectivity index (χ1) is 15.1. The molecule has 9 nitrogen and oxygen atoms in total. The number of aromatic nitrogens is 3. The lowest BCUT2D eigenvalue weighted by Gasteiger charge is -2.10. The Morgan fingerprint density at radius 2 is 1.90 bits per heavy atom. The highest BCUT2D eigenvalue weighted by atomic mass is 16.5. The summed E-state index contributed by atoms with van der Waals surface area (Å²) < 4.78 is 10.6. The smallest absolute Gasteiger partial charge is 0.252 e. The Morgan fingerprint density at radius 1 is 1.10 bits per heavy atom. The van der Waals surface area contributed by atoms with Crippen molar-refractivity contribution in [2.24, 2.45) is 0 Å². The van der Waals surface area contributed by atoms with Gasteiger partial charge in [-0.15, -0.1) is 5.10 Å². The predicted octanol–water partition coefficient (Wildman–Crippen LogP) is 2.42. The fourth-order valence-corrected chi connectivity index (χ4v) is 3.61. The molecule has 0 saturated heterocycles. The van der Waals surface area contributed by atoms with Gasteiger partial charge in [-0.25, -0.2) is 0 Å². The molecule has 0 saturated carbocycles. The summed E-state index contributed by atoms with van der Waals surface area (Å²) in [6.45, 7) is 0. The minimum absolute atomic E-state index is 0.109. The van der Waals surface area contributed by atoms with Crippen molar-refractivity contribution in [1.29, 1.82) is 0 Å². The van der Waals surface area contributed by atoms with Gasteiger partial charge in [0.15, 0.2) is 11.5 Å². The van der Waals surface area contributed by atoms with Crippen LogP contribution in [0.5, 0.6) is 11.5 Å². The topological polar surface area (TPSA) is 118 Å². The van der Waals surface area contributed by atoms with Gasteiger partial charge in [-0.1, -0.05) is 24.3 Å². The SMILES string of the molecule is COc1ccc(CCc2nc(NC(=O)C[C@H]3NC(=O)c4ccccc43)n[nH]2)cc1OC. The van der Waals surface area contributed by atoms with Crippen LogP contribution in [0.25, 0.3) is 0 Å². The molecule has 1 aromatic heterocycles. The number of fused-ring (bicyclic) bond motifs is 1. The molecule has 0 fully saturated rings. The van der Waals surface area contributed by atoms with Gasteiger partial charge < -0.3 is 14.8 Å². The molecule has 1 aliphatic rings. The molecule has 4 rings (SSSR count). The van der Waals surface area contributed by atoms with Crippen LogP contribution in [0.3, 0.4) is 0 Å². The van der Waals surface area contributed by atoms with Gasteiger partial charge in [0, 0.05) is 12.0 Å². The fourth-order valence-electron chi connectivity index (χ4n) is 3.61. The average molecular weight is 421 g/mol. The Bertz CT molecular complexity index is 1110. The number of nitrogens with zero attached hydrogens (tertiary/aromatic N) is 2. The van der Waals surface area contributed by atoms with Crippen molar-refractivity contribution < 1.29 is 19.1 Å². The standard InChI is InChI=1S/C22H23N5O4/c1-30-17-9-7-13(11-18(17)31-2)8-10-19-24-22(27-26-19)25-20(28)12-16-14-5-3-4-6-15(14)21(29)23-16/h3-7,9,11,16H,8,10,12H2,1-2H3,(H,23,29)(H2,24,25,26,27,28)/t16-/m1/s1. The van der Waals surface area contributed by atoms with Crippen LogP contribution in [0.2, 0.25) is 0 Å². The third-order valence-electron chi connectivity index (χ3n) is 5.16. The number of methoxy groups -OCH3 is 2. The molecule has 160 valence electrons. The monoisotopic (exact) mass is 421 g/mol. The van der Waals surface area contributed by atoms with E-state index in [1.165, 1.54) is 0 Å². The number of benzene rings is 2. The zero-order valence-corrected chi connectivity index (χ0v) is 17.3. The number of nitrogens with one attached hydrogen (secondary N) is 3. The molecule has 2 amide bonds. The van der Waals surface area contributed by atoms with Gasteiger partial charge in [-0.05, 0) is 35.7 Å². The molecular weight excluding hydrogens is 398 g/mol. The Kier molecular flexibility index (Phi) is 5.83. The molecule has 9 heteroatoms. The minimum Gasteiger partial charge on any atom is -0.493 e. The zero-order chi connectivity index (χ0) is 21.8. The maximum atomic E-state index is 12.4. The number of rotatable bonds is 8. The van der Waals surface area contributed by atoms with Crippen LogP contribution in [0.15, 0.2) is 42.5 Å². The van der Waals surface area contributed by atoms with Gasteiger partial charge in [-0.2, -0.15) is 4.98 Å². The predicted molar refractivity (Wildman–Crippen MR) is 113 cm³/mol. The number of carbonyl (C=O) groups excluding carboxylic acids is 2. The molecule has 0 unspecified atom stereocenters.